The van der Waals surface area contributed by atoms with Crippen molar-refractivity contribution in [2.24, 2.45) is 0 Å². The minimum atomic E-state index is -1.25. The van der Waals surface area contributed by atoms with Gasteiger partial charge in [-0.3, -0.25) is 0 Å². The van der Waals surface area contributed by atoms with E-state index in [2.05, 4.69) is 88.4 Å². The van der Waals surface area contributed by atoms with E-state index in [9.17, 15) is 0 Å². The third-order valence-electron chi connectivity index (χ3n) is 4.33. The van der Waals surface area contributed by atoms with Crippen molar-refractivity contribution in [1.29, 1.82) is 0 Å². The fourth-order valence-electron chi connectivity index (χ4n) is 2.11. The first-order chi connectivity index (χ1) is 8.92. The minimum absolute atomic E-state index is 1.08. The third-order valence-corrected chi connectivity index (χ3v) is 22.7. The molecule has 0 atom stereocenters. The van der Waals surface area contributed by atoms with Gasteiger partial charge in [-0.05, 0) is 11.6 Å². The molecule has 0 saturated carbocycles. The molecule has 1 rings (SSSR count). The molecule has 20 heavy (non-hydrogen) atoms. The molecular weight excluding hydrogens is 288 g/mol. The SMILES string of the molecule is C[Si](C)(C)C/C(=C\[Si](C)(C)[Si](C)(C)C)c1ccccc1. The van der Waals surface area contributed by atoms with E-state index in [-0.39, 0.29) is 0 Å². The van der Waals surface area contributed by atoms with Gasteiger partial charge in [0.15, 0.2) is 0 Å². The maximum absolute atomic E-state index is 2.73. The summed E-state index contributed by atoms with van der Waals surface area (Å²) in [5.41, 5.74) is 5.81. The first-order valence-electron chi connectivity index (χ1n) is 7.70. The van der Waals surface area contributed by atoms with Gasteiger partial charge in [-0.1, -0.05) is 94.0 Å². The summed E-state index contributed by atoms with van der Waals surface area (Å²) in [6, 6.07) is 12.4. The van der Waals surface area contributed by atoms with E-state index in [4.69, 9.17) is 0 Å². The van der Waals surface area contributed by atoms with Crippen LogP contribution in [0.1, 0.15) is 5.56 Å². The van der Waals surface area contributed by atoms with Crippen molar-refractivity contribution in [2.45, 2.75) is 58.4 Å². The van der Waals surface area contributed by atoms with Gasteiger partial charge in [0, 0.05) is 15.7 Å². The second-order valence-corrected chi connectivity index (χ2v) is 30.8. The van der Waals surface area contributed by atoms with Crippen LogP contribution in [0.15, 0.2) is 36.0 Å². The summed E-state index contributed by atoms with van der Waals surface area (Å²) in [4.78, 5) is 0. The van der Waals surface area contributed by atoms with Crippen LogP contribution in [0.3, 0.4) is 0 Å². The van der Waals surface area contributed by atoms with Crippen LogP contribution in [0.5, 0.6) is 0 Å². The molecule has 0 unspecified atom stereocenters. The normalized spacial score (nSPS) is 14.5. The number of hydrogen-bond acceptors (Lipinski definition) is 0. The highest BCUT2D eigenvalue weighted by Crippen LogP contribution is 2.30. The summed E-state index contributed by atoms with van der Waals surface area (Å²) in [7, 11) is -3.42. The van der Waals surface area contributed by atoms with Crippen LogP contribution in [0.25, 0.3) is 5.57 Å². The van der Waals surface area contributed by atoms with Gasteiger partial charge in [-0.2, -0.15) is 0 Å². The van der Waals surface area contributed by atoms with Crippen LogP contribution in [-0.2, 0) is 0 Å². The average molecular weight is 321 g/mol. The van der Waals surface area contributed by atoms with Crippen LogP contribution in [0.2, 0.25) is 58.4 Å². The molecule has 0 nitrogen and oxygen atoms in total. The first-order valence-corrected chi connectivity index (χ1v) is 19.0. The maximum Gasteiger partial charge on any atom is 0.0648 e. The van der Waals surface area contributed by atoms with Crippen LogP contribution in [0, 0.1) is 0 Å². The molecule has 0 bridgehead atoms. The summed E-state index contributed by atoms with van der Waals surface area (Å²) in [6.45, 7) is 20.2. The maximum atomic E-state index is 2.73. The van der Waals surface area contributed by atoms with Gasteiger partial charge in [0.05, 0.1) is 7.59 Å². The highest BCUT2D eigenvalue weighted by molar-refractivity contribution is 7.42. The Morgan fingerprint density at radius 1 is 0.850 bits per heavy atom. The van der Waals surface area contributed by atoms with Crippen molar-refractivity contribution in [3.05, 3.63) is 41.6 Å². The fourth-order valence-corrected chi connectivity index (χ4v) is 7.16. The van der Waals surface area contributed by atoms with Crippen LogP contribution < -0.4 is 0 Å². The molecule has 3 heteroatoms. The highest BCUT2D eigenvalue weighted by atomic mass is 29.3. The van der Waals surface area contributed by atoms with Gasteiger partial charge in [-0.15, -0.1) is 0 Å². The van der Waals surface area contributed by atoms with Gasteiger partial charge in [0.1, 0.15) is 0 Å². The van der Waals surface area contributed by atoms with Gasteiger partial charge in [0.25, 0.3) is 0 Å². The summed E-state index contributed by atoms with van der Waals surface area (Å²) >= 11 is 0. The molecule has 0 aliphatic rings. The van der Waals surface area contributed by atoms with E-state index >= 15 is 0 Å². The molecule has 0 spiro atoms. The molecular formula is C17H32Si3. The molecule has 0 saturated heterocycles. The van der Waals surface area contributed by atoms with E-state index in [1.807, 2.05) is 0 Å². The molecule has 0 amide bonds. The number of rotatable bonds is 5. The number of benzene rings is 1. The Balaban J connectivity index is 3.25. The lowest BCUT2D eigenvalue weighted by atomic mass is 10.1. The summed E-state index contributed by atoms with van der Waals surface area (Å²) in [5.74, 6) is 0. The summed E-state index contributed by atoms with van der Waals surface area (Å²) in [5, 5.41) is 0. The lowest BCUT2D eigenvalue weighted by molar-refractivity contribution is 1.48. The van der Waals surface area contributed by atoms with Gasteiger partial charge >= 0.3 is 0 Å². The molecule has 0 aliphatic heterocycles. The Morgan fingerprint density at radius 2 is 1.35 bits per heavy atom. The Hall–Kier alpha value is -0.389. The lowest BCUT2D eigenvalue weighted by Gasteiger charge is -2.34. The van der Waals surface area contributed by atoms with Gasteiger partial charge in [0.2, 0.25) is 0 Å². The van der Waals surface area contributed by atoms with E-state index in [1.54, 1.807) is 5.57 Å². The molecule has 112 valence electrons. The van der Waals surface area contributed by atoms with Crippen molar-refractivity contribution in [3.63, 3.8) is 0 Å². The highest BCUT2D eigenvalue weighted by Gasteiger charge is 2.35. The van der Waals surface area contributed by atoms with Crippen LogP contribution >= 0.6 is 0 Å². The predicted molar refractivity (Wildman–Crippen MR) is 103 cm³/mol. The molecule has 0 aromatic heterocycles. The molecule has 1 aromatic carbocycles. The van der Waals surface area contributed by atoms with E-state index in [0.717, 1.165) is 0 Å². The van der Waals surface area contributed by atoms with Gasteiger partial charge in [-0.25, -0.2) is 0 Å². The molecule has 0 N–H and O–H groups in total. The van der Waals surface area contributed by atoms with E-state index in [1.165, 1.54) is 11.6 Å². The minimum Gasteiger partial charge on any atom is -0.0936 e. The van der Waals surface area contributed by atoms with Crippen LogP contribution in [0.4, 0.5) is 0 Å². The molecule has 0 fully saturated rings. The largest absolute Gasteiger partial charge is 0.0936 e. The van der Waals surface area contributed by atoms with E-state index in [0.29, 0.717) is 0 Å². The van der Waals surface area contributed by atoms with Gasteiger partial charge < -0.3 is 0 Å². The zero-order valence-electron chi connectivity index (χ0n) is 14.7. The first kappa shape index (κ1) is 17.7. The Labute approximate surface area is 129 Å². The number of hydrogen-bond donors (Lipinski definition) is 0. The van der Waals surface area contributed by atoms with Crippen molar-refractivity contribution in [1.82, 2.24) is 0 Å². The lowest BCUT2D eigenvalue weighted by Crippen LogP contribution is -2.51. The Morgan fingerprint density at radius 3 is 1.75 bits per heavy atom. The monoisotopic (exact) mass is 320 g/mol. The number of allylic oxidation sites excluding steroid dienone is 1. The smallest absolute Gasteiger partial charge is 0.0648 e. The summed E-state index contributed by atoms with van der Waals surface area (Å²) < 4.78 is 0. The molecule has 0 aliphatic carbocycles. The second-order valence-electron chi connectivity index (χ2n) is 8.74. The predicted octanol–water partition coefficient (Wildman–Crippen LogP) is 6.07. The quantitative estimate of drug-likeness (QED) is 0.577. The van der Waals surface area contributed by atoms with Crippen LogP contribution in [-0.4, -0.2) is 23.3 Å². The second kappa shape index (κ2) is 6.16. The molecule has 1 aromatic rings. The topological polar surface area (TPSA) is 0 Å². The Bertz CT molecular complexity index is 459. The molecule has 0 heterocycles. The zero-order chi connectivity index (χ0) is 15.6. The van der Waals surface area contributed by atoms with Crippen molar-refractivity contribution < 1.29 is 0 Å². The standard InChI is InChI=1S/C17H32Si3/c1-18(2,3)14-17(16-12-10-9-11-13-16)15-20(7,8)19(4,5)6/h9-13,15H,14H2,1-8H3/b17-15+. The van der Waals surface area contributed by atoms with Crippen molar-refractivity contribution in [3.8, 4) is 0 Å². The van der Waals surface area contributed by atoms with E-state index < -0.39 is 23.3 Å². The van der Waals surface area contributed by atoms with Crippen molar-refractivity contribution in [2.75, 3.05) is 0 Å². The Kier molecular flexibility index (Phi) is 5.44. The fraction of sp³-hybridized carbons (Fsp3) is 0.529. The zero-order valence-corrected chi connectivity index (χ0v) is 17.7. The average Bonchev–Trinajstić information content (AvgIpc) is 2.25. The third kappa shape index (κ3) is 5.19. The molecule has 0 radical (unpaired) electrons. The van der Waals surface area contributed by atoms with Crippen molar-refractivity contribution >= 4 is 28.8 Å². The summed E-state index contributed by atoms with van der Waals surface area (Å²) in [6.07, 6.45) is 0.